The zero-order valence-electron chi connectivity index (χ0n) is 14.1. The SMILES string of the molecule is COc1ccccc1/C(=N/[Si](C)(C)C)[N-][Si](C)(C)C.[Li+]. The number of nitrogens with zero attached hydrogens (tertiary/aromatic N) is 2. The van der Waals surface area contributed by atoms with Crippen LogP contribution < -0.4 is 23.6 Å². The third-order valence-corrected chi connectivity index (χ3v) is 4.00. The Bertz CT molecular complexity index is 465. The van der Waals surface area contributed by atoms with E-state index in [2.05, 4.69) is 39.3 Å². The molecule has 0 saturated heterocycles. The molecule has 0 saturated carbocycles. The van der Waals surface area contributed by atoms with E-state index in [4.69, 9.17) is 14.4 Å². The molecular weight excluding hydrogens is 275 g/mol. The Labute approximate surface area is 137 Å². The van der Waals surface area contributed by atoms with Crippen molar-refractivity contribution in [3.8, 4) is 5.75 Å². The van der Waals surface area contributed by atoms with E-state index in [1.807, 2.05) is 24.3 Å². The molecule has 6 heteroatoms. The molecule has 0 aliphatic heterocycles. The number of hydrogen-bond acceptors (Lipinski definition) is 2. The quantitative estimate of drug-likeness (QED) is 0.471. The molecule has 0 aliphatic rings. The van der Waals surface area contributed by atoms with Crippen molar-refractivity contribution < 1.29 is 23.6 Å². The minimum atomic E-state index is -1.58. The Balaban J connectivity index is 0.00000361. The predicted octanol–water partition coefficient (Wildman–Crippen LogP) is 1.49. The van der Waals surface area contributed by atoms with Gasteiger partial charge in [-0.25, -0.2) is 0 Å². The van der Waals surface area contributed by atoms with Gasteiger partial charge in [-0.05, 0) is 6.07 Å². The summed E-state index contributed by atoms with van der Waals surface area (Å²) >= 11 is 0. The average Bonchev–Trinajstić information content (AvgIpc) is 2.24. The van der Waals surface area contributed by atoms with Crippen molar-refractivity contribution in [2.75, 3.05) is 7.11 Å². The van der Waals surface area contributed by atoms with E-state index >= 15 is 0 Å². The Hall–Kier alpha value is -0.479. The maximum absolute atomic E-state index is 5.45. The van der Waals surface area contributed by atoms with Crippen LogP contribution in [0.3, 0.4) is 0 Å². The number of ether oxygens (including phenoxy) is 1. The second-order valence-corrected chi connectivity index (χ2v) is 15.7. The smallest absolute Gasteiger partial charge is 0.496 e. The van der Waals surface area contributed by atoms with Crippen LogP contribution in [-0.4, -0.2) is 29.4 Å². The Kier molecular flexibility index (Phi) is 7.33. The molecule has 0 radical (unpaired) electrons. The molecular formula is C14H25LiN2OSi2. The van der Waals surface area contributed by atoms with Gasteiger partial charge in [0, 0.05) is 22.0 Å². The molecule has 0 atom stereocenters. The number of methoxy groups -OCH3 is 1. The standard InChI is InChI=1S/C14H25N2OSi2.Li/c1-17-13-11-9-8-10-12(13)14(15-18(2,3)4)16-19(5,6)7;/h8-11H,1-7H3;/q-1;+1. The molecule has 1 aromatic carbocycles. The Morgan fingerprint density at radius 3 is 2.05 bits per heavy atom. The van der Waals surface area contributed by atoms with Crippen LogP contribution in [0.25, 0.3) is 4.98 Å². The molecule has 0 heterocycles. The van der Waals surface area contributed by atoms with E-state index in [1.165, 1.54) is 0 Å². The number of para-hydroxylation sites is 1. The van der Waals surface area contributed by atoms with E-state index in [-0.39, 0.29) is 18.9 Å². The van der Waals surface area contributed by atoms with E-state index in [0.29, 0.717) is 0 Å². The molecule has 0 bridgehead atoms. The van der Waals surface area contributed by atoms with Crippen molar-refractivity contribution in [1.29, 1.82) is 0 Å². The van der Waals surface area contributed by atoms with Crippen molar-refractivity contribution in [1.82, 2.24) is 0 Å². The first-order chi connectivity index (χ1) is 8.62. The van der Waals surface area contributed by atoms with Gasteiger partial charge in [0.25, 0.3) is 0 Å². The van der Waals surface area contributed by atoms with Gasteiger partial charge in [0.05, 0.1) is 7.11 Å². The molecule has 0 aromatic heterocycles. The van der Waals surface area contributed by atoms with E-state index in [1.54, 1.807) is 7.11 Å². The Morgan fingerprint density at radius 2 is 1.60 bits per heavy atom. The minimum absolute atomic E-state index is 0. The number of benzene rings is 1. The van der Waals surface area contributed by atoms with Gasteiger partial charge in [-0.1, -0.05) is 63.3 Å². The summed E-state index contributed by atoms with van der Waals surface area (Å²) in [6.07, 6.45) is 0. The molecule has 0 aliphatic carbocycles. The van der Waals surface area contributed by atoms with Gasteiger partial charge >= 0.3 is 18.9 Å². The fraction of sp³-hybridized carbons (Fsp3) is 0.500. The van der Waals surface area contributed by atoms with Crippen LogP contribution in [0.5, 0.6) is 5.75 Å². The first-order valence-corrected chi connectivity index (χ1v) is 13.5. The number of hydrogen-bond donors (Lipinski definition) is 0. The summed E-state index contributed by atoms with van der Waals surface area (Å²) in [6, 6.07) is 8.00. The summed E-state index contributed by atoms with van der Waals surface area (Å²) in [6.45, 7) is 13.3. The van der Waals surface area contributed by atoms with Crippen LogP contribution in [0.4, 0.5) is 0 Å². The molecule has 0 spiro atoms. The topological polar surface area (TPSA) is 35.7 Å². The van der Waals surface area contributed by atoms with Crippen molar-refractivity contribution >= 4 is 22.3 Å². The number of rotatable bonds is 4. The average molecular weight is 300 g/mol. The normalized spacial score (nSPS) is 12.7. The molecule has 1 rings (SSSR count). The van der Waals surface area contributed by atoms with Crippen LogP contribution in [0.15, 0.2) is 28.9 Å². The minimum Gasteiger partial charge on any atom is -0.496 e. The van der Waals surface area contributed by atoms with Gasteiger partial charge in [0.15, 0.2) is 0 Å². The molecule has 0 N–H and O–H groups in total. The van der Waals surface area contributed by atoms with Crippen molar-refractivity contribution in [3.05, 3.63) is 34.8 Å². The summed E-state index contributed by atoms with van der Waals surface area (Å²) in [5.41, 5.74) is 1.01. The largest absolute Gasteiger partial charge is 1.00 e. The molecule has 20 heavy (non-hydrogen) atoms. The van der Waals surface area contributed by atoms with Crippen molar-refractivity contribution in [2.45, 2.75) is 39.3 Å². The molecule has 0 unspecified atom stereocenters. The van der Waals surface area contributed by atoms with Crippen LogP contribution in [-0.2, 0) is 0 Å². The van der Waals surface area contributed by atoms with Crippen LogP contribution in [0.2, 0.25) is 39.3 Å². The Morgan fingerprint density at radius 1 is 1.05 bits per heavy atom. The van der Waals surface area contributed by atoms with E-state index < -0.39 is 16.5 Å². The summed E-state index contributed by atoms with van der Waals surface area (Å²) in [5, 5.41) is 0. The summed E-state index contributed by atoms with van der Waals surface area (Å²) in [5.74, 6) is 1.72. The van der Waals surface area contributed by atoms with Crippen LogP contribution >= 0.6 is 0 Å². The van der Waals surface area contributed by atoms with Gasteiger partial charge in [-0.15, -0.1) is 0 Å². The zero-order valence-corrected chi connectivity index (χ0v) is 16.1. The van der Waals surface area contributed by atoms with Gasteiger partial charge in [-0.2, -0.15) is 0 Å². The van der Waals surface area contributed by atoms with E-state index in [0.717, 1.165) is 17.1 Å². The van der Waals surface area contributed by atoms with Gasteiger partial charge in [0.2, 0.25) is 0 Å². The fourth-order valence-corrected chi connectivity index (χ4v) is 3.32. The van der Waals surface area contributed by atoms with Crippen LogP contribution in [0.1, 0.15) is 5.56 Å². The molecule has 3 nitrogen and oxygen atoms in total. The first kappa shape index (κ1) is 19.5. The first-order valence-electron chi connectivity index (χ1n) is 6.58. The monoisotopic (exact) mass is 300 g/mol. The maximum atomic E-state index is 5.45. The van der Waals surface area contributed by atoms with Gasteiger partial charge in [-0.3, -0.25) is 0 Å². The summed E-state index contributed by atoms with van der Waals surface area (Å²) < 4.78 is 10.4. The third kappa shape index (κ3) is 6.80. The van der Waals surface area contributed by atoms with Gasteiger partial charge < -0.3 is 14.4 Å². The third-order valence-electron chi connectivity index (χ3n) is 2.23. The second kappa shape index (κ2) is 7.51. The van der Waals surface area contributed by atoms with Crippen LogP contribution in [0, 0.1) is 0 Å². The predicted molar refractivity (Wildman–Crippen MR) is 89.6 cm³/mol. The molecule has 0 amide bonds. The molecule has 1 aromatic rings. The number of amidine groups is 1. The second-order valence-electron chi connectivity index (χ2n) is 6.59. The molecule has 106 valence electrons. The fourth-order valence-electron chi connectivity index (χ4n) is 1.61. The zero-order chi connectivity index (χ0) is 14.7. The van der Waals surface area contributed by atoms with Crippen molar-refractivity contribution in [2.24, 2.45) is 4.66 Å². The maximum Gasteiger partial charge on any atom is 1.00 e. The van der Waals surface area contributed by atoms with E-state index in [9.17, 15) is 0 Å². The van der Waals surface area contributed by atoms with Crippen molar-refractivity contribution in [3.63, 3.8) is 0 Å². The van der Waals surface area contributed by atoms with Gasteiger partial charge in [0.1, 0.15) is 5.75 Å². The summed E-state index contributed by atoms with van der Waals surface area (Å²) in [4.78, 5) is 4.92. The summed E-state index contributed by atoms with van der Waals surface area (Å²) in [7, 11) is -1.46. The molecule has 0 fully saturated rings.